The van der Waals surface area contributed by atoms with Crippen LogP contribution in [0, 0.1) is 5.92 Å². The smallest absolute Gasteiger partial charge is 0.0935 e. The number of aromatic nitrogens is 3. The van der Waals surface area contributed by atoms with E-state index in [0.717, 1.165) is 56.8 Å². The van der Waals surface area contributed by atoms with Gasteiger partial charge in [0.05, 0.1) is 32.5 Å². The van der Waals surface area contributed by atoms with Crippen LogP contribution in [0.25, 0.3) is 21.7 Å². The summed E-state index contributed by atoms with van der Waals surface area (Å²) in [6.45, 7) is 5.21. The molecule has 4 rings (SSSR count). The molecule has 0 saturated carbocycles. The van der Waals surface area contributed by atoms with Crippen molar-refractivity contribution in [3.05, 3.63) is 76.5 Å². The van der Waals surface area contributed by atoms with Gasteiger partial charge in [-0.05, 0) is 42.5 Å². The van der Waals surface area contributed by atoms with Crippen LogP contribution in [-0.4, -0.2) is 14.8 Å². The monoisotopic (exact) mass is 436 g/mol. The number of anilines is 1. The highest BCUT2D eigenvalue weighted by Gasteiger charge is 2.20. The zero-order valence-corrected chi connectivity index (χ0v) is 18.7. The van der Waals surface area contributed by atoms with Crippen molar-refractivity contribution in [2.75, 3.05) is 5.73 Å². The molecule has 0 spiro atoms. The number of hydrogen-bond acceptors (Lipinski definition) is 4. The Bertz CT molecular complexity index is 1130. The zero-order chi connectivity index (χ0) is 21.1. The molecule has 1 aromatic carbocycles. The second kappa shape index (κ2) is 9.02. The van der Waals surface area contributed by atoms with Gasteiger partial charge in [-0.1, -0.05) is 55.8 Å². The molecular weight excluding hydrogens is 412 g/mol. The van der Waals surface area contributed by atoms with Crippen molar-refractivity contribution < 1.29 is 0 Å². The summed E-state index contributed by atoms with van der Waals surface area (Å²) in [4.78, 5) is 5.66. The third-order valence-electron chi connectivity index (χ3n) is 5.04. The molecule has 0 aliphatic rings. The average Bonchev–Trinajstić information content (AvgIpc) is 3.33. The Labute approximate surface area is 186 Å². The lowest BCUT2D eigenvalue weighted by Crippen LogP contribution is -2.07. The second-order valence-corrected chi connectivity index (χ2v) is 9.51. The quantitative estimate of drug-likeness (QED) is 0.367. The number of hydrogen-bond donors (Lipinski definition) is 1. The highest BCUT2D eigenvalue weighted by Crippen LogP contribution is 2.40. The molecule has 0 amide bonds. The molecule has 6 heteroatoms. The third kappa shape index (κ3) is 4.42. The van der Waals surface area contributed by atoms with E-state index in [0.29, 0.717) is 5.92 Å². The minimum Gasteiger partial charge on any atom is -0.397 e. The summed E-state index contributed by atoms with van der Waals surface area (Å²) in [6.07, 6.45) is 5.46. The summed E-state index contributed by atoms with van der Waals surface area (Å²) in [5.74, 6) is 0.475. The lowest BCUT2D eigenvalue weighted by Gasteiger charge is -2.13. The predicted molar refractivity (Wildman–Crippen MR) is 127 cm³/mol. The Morgan fingerprint density at radius 3 is 2.53 bits per heavy atom. The van der Waals surface area contributed by atoms with Gasteiger partial charge in [-0.25, -0.2) is 0 Å². The van der Waals surface area contributed by atoms with E-state index in [1.807, 2.05) is 30.6 Å². The van der Waals surface area contributed by atoms with Gasteiger partial charge in [-0.15, -0.1) is 11.3 Å². The maximum atomic E-state index is 6.62. The molecule has 0 unspecified atom stereocenters. The lowest BCUT2D eigenvalue weighted by molar-refractivity contribution is 0.487. The summed E-state index contributed by atoms with van der Waals surface area (Å²) < 4.78 is 2.82. The zero-order valence-electron chi connectivity index (χ0n) is 17.2. The number of nitrogens with two attached hydrogens (primary N) is 1. The van der Waals surface area contributed by atoms with Crippen LogP contribution in [-0.2, 0) is 19.4 Å². The van der Waals surface area contributed by atoms with Gasteiger partial charge in [0.1, 0.15) is 0 Å². The van der Waals surface area contributed by atoms with Gasteiger partial charge in [-0.3, -0.25) is 9.67 Å². The van der Waals surface area contributed by atoms with E-state index in [2.05, 4.69) is 58.9 Å². The number of nitrogens with zero attached hydrogens (tertiary/aromatic N) is 3. The fourth-order valence-corrected chi connectivity index (χ4v) is 4.73. The van der Waals surface area contributed by atoms with E-state index < -0.39 is 0 Å². The molecule has 0 radical (unpaired) electrons. The van der Waals surface area contributed by atoms with E-state index >= 15 is 0 Å². The van der Waals surface area contributed by atoms with Crippen molar-refractivity contribution in [2.24, 2.45) is 5.92 Å². The van der Waals surface area contributed by atoms with Crippen LogP contribution >= 0.6 is 22.9 Å². The molecule has 2 N–H and O–H groups in total. The SMILES string of the molecule is CC(C)Cn1ncc(-c2ccnc(CCc3ccccc3)c2N)c1-c1ccc(Cl)s1. The number of rotatable bonds is 7. The normalized spacial score (nSPS) is 11.3. The molecule has 3 aromatic heterocycles. The second-order valence-electron chi connectivity index (χ2n) is 7.79. The van der Waals surface area contributed by atoms with Gasteiger partial charge < -0.3 is 5.73 Å². The fourth-order valence-electron chi connectivity index (χ4n) is 3.63. The predicted octanol–water partition coefficient (Wildman–Crippen LogP) is 6.35. The minimum atomic E-state index is 0.475. The van der Waals surface area contributed by atoms with Gasteiger partial charge in [-0.2, -0.15) is 5.10 Å². The lowest BCUT2D eigenvalue weighted by atomic mass is 10.0. The summed E-state index contributed by atoms with van der Waals surface area (Å²) in [5.41, 5.74) is 12.6. The summed E-state index contributed by atoms with van der Waals surface area (Å²) >= 11 is 7.81. The first-order chi connectivity index (χ1) is 14.5. The molecule has 0 aliphatic heterocycles. The Morgan fingerprint density at radius 1 is 1.03 bits per heavy atom. The van der Waals surface area contributed by atoms with Crippen molar-refractivity contribution in [3.63, 3.8) is 0 Å². The summed E-state index contributed by atoms with van der Waals surface area (Å²) in [6, 6.07) is 16.4. The van der Waals surface area contributed by atoms with Crippen LogP contribution in [0.1, 0.15) is 25.1 Å². The highest BCUT2D eigenvalue weighted by molar-refractivity contribution is 7.19. The molecule has 30 heavy (non-hydrogen) atoms. The van der Waals surface area contributed by atoms with Crippen molar-refractivity contribution in [3.8, 4) is 21.7 Å². The number of pyridine rings is 1. The summed E-state index contributed by atoms with van der Waals surface area (Å²) in [7, 11) is 0. The first-order valence-electron chi connectivity index (χ1n) is 10.1. The average molecular weight is 437 g/mol. The Kier molecular flexibility index (Phi) is 6.21. The Hall–Kier alpha value is -2.63. The molecule has 0 atom stereocenters. The molecule has 3 heterocycles. The molecule has 0 saturated heterocycles. The summed E-state index contributed by atoms with van der Waals surface area (Å²) in [5, 5.41) is 4.69. The highest BCUT2D eigenvalue weighted by atomic mass is 35.5. The van der Waals surface area contributed by atoms with E-state index in [1.165, 1.54) is 5.56 Å². The Morgan fingerprint density at radius 2 is 1.83 bits per heavy atom. The van der Waals surface area contributed by atoms with Gasteiger partial charge in [0.15, 0.2) is 0 Å². The maximum absolute atomic E-state index is 6.62. The molecule has 0 aliphatic carbocycles. The number of benzene rings is 1. The topological polar surface area (TPSA) is 56.7 Å². The molecule has 4 nitrogen and oxygen atoms in total. The fraction of sp³-hybridized carbons (Fsp3) is 0.250. The van der Waals surface area contributed by atoms with Crippen LogP contribution in [0.15, 0.2) is 60.9 Å². The molecule has 154 valence electrons. The van der Waals surface area contributed by atoms with Crippen LogP contribution < -0.4 is 5.73 Å². The number of nitrogen functional groups attached to an aromatic ring is 1. The first kappa shape index (κ1) is 20.6. The first-order valence-corrected chi connectivity index (χ1v) is 11.3. The van der Waals surface area contributed by atoms with E-state index in [4.69, 9.17) is 17.3 Å². The van der Waals surface area contributed by atoms with E-state index in [9.17, 15) is 0 Å². The van der Waals surface area contributed by atoms with Crippen LogP contribution in [0.2, 0.25) is 4.34 Å². The molecule has 4 aromatic rings. The van der Waals surface area contributed by atoms with E-state index in [1.54, 1.807) is 11.3 Å². The van der Waals surface area contributed by atoms with Crippen molar-refractivity contribution >= 4 is 28.6 Å². The van der Waals surface area contributed by atoms with Crippen LogP contribution in [0.4, 0.5) is 5.69 Å². The van der Waals surface area contributed by atoms with Gasteiger partial charge in [0.25, 0.3) is 0 Å². The molecular formula is C24H25ClN4S. The Balaban J connectivity index is 1.72. The number of aryl methyl sites for hydroxylation is 2. The van der Waals surface area contributed by atoms with E-state index in [-0.39, 0.29) is 0 Å². The minimum absolute atomic E-state index is 0.475. The van der Waals surface area contributed by atoms with Gasteiger partial charge in [0.2, 0.25) is 0 Å². The van der Waals surface area contributed by atoms with Gasteiger partial charge >= 0.3 is 0 Å². The standard InChI is InChI=1S/C24H25ClN4S/c1-16(2)15-29-24(21-10-11-22(25)30-21)19(14-28-29)18-12-13-27-20(23(18)26)9-8-17-6-4-3-5-7-17/h3-7,10-14,16H,8-9,15,26H2,1-2H3. The van der Waals surface area contributed by atoms with Crippen molar-refractivity contribution in [1.82, 2.24) is 14.8 Å². The maximum Gasteiger partial charge on any atom is 0.0935 e. The van der Waals surface area contributed by atoms with Crippen LogP contribution in [0.5, 0.6) is 0 Å². The van der Waals surface area contributed by atoms with Crippen molar-refractivity contribution in [2.45, 2.75) is 33.2 Å². The largest absolute Gasteiger partial charge is 0.397 e. The van der Waals surface area contributed by atoms with Crippen molar-refractivity contribution in [1.29, 1.82) is 0 Å². The molecule has 0 bridgehead atoms. The third-order valence-corrected chi connectivity index (χ3v) is 6.28. The molecule has 0 fully saturated rings. The van der Waals surface area contributed by atoms with Crippen LogP contribution in [0.3, 0.4) is 0 Å². The number of halogens is 1. The number of thiophene rings is 1. The van der Waals surface area contributed by atoms with Gasteiger partial charge in [0, 0.05) is 23.9 Å².